The summed E-state index contributed by atoms with van der Waals surface area (Å²) in [5.41, 5.74) is 4.45. The zero-order valence-corrected chi connectivity index (χ0v) is 12.8. The van der Waals surface area contributed by atoms with Gasteiger partial charge in [0.2, 0.25) is 0 Å². The molecule has 5 nitrogen and oxygen atoms in total. The Kier molecular flexibility index (Phi) is 3.87. The maximum atomic E-state index is 5.77. The van der Waals surface area contributed by atoms with E-state index in [1.54, 1.807) is 6.33 Å². The van der Waals surface area contributed by atoms with Crippen LogP contribution >= 0.6 is 11.3 Å². The maximum absolute atomic E-state index is 5.77. The zero-order chi connectivity index (χ0) is 14.1. The molecule has 2 aromatic heterocycles. The SMILES string of the molecule is CC(C)n1ncnc1CC(NN)c1cc2c(s1)CCC2. The summed E-state index contributed by atoms with van der Waals surface area (Å²) in [6, 6.07) is 2.75. The van der Waals surface area contributed by atoms with Gasteiger partial charge < -0.3 is 0 Å². The molecule has 3 N–H and O–H groups in total. The first kappa shape index (κ1) is 13.7. The average molecular weight is 291 g/mol. The Bertz CT molecular complexity index is 565. The molecule has 0 bridgehead atoms. The standard InChI is InChI=1S/C14H21N5S/c1-9(2)19-14(16-8-17-19)7-11(18-15)13-6-10-4-3-5-12(10)20-13/h6,8-9,11,18H,3-5,7,15H2,1-2H3. The fourth-order valence-corrected chi connectivity index (χ4v) is 4.12. The second kappa shape index (κ2) is 5.63. The molecule has 1 aliphatic rings. The molecule has 1 unspecified atom stereocenters. The van der Waals surface area contributed by atoms with Crippen molar-refractivity contribution in [1.29, 1.82) is 0 Å². The molecule has 0 saturated carbocycles. The molecule has 2 heterocycles. The molecule has 0 amide bonds. The highest BCUT2D eigenvalue weighted by molar-refractivity contribution is 7.12. The minimum Gasteiger partial charge on any atom is -0.271 e. The van der Waals surface area contributed by atoms with Gasteiger partial charge in [0, 0.05) is 22.2 Å². The van der Waals surface area contributed by atoms with Crippen molar-refractivity contribution in [3.8, 4) is 0 Å². The molecule has 0 spiro atoms. The summed E-state index contributed by atoms with van der Waals surface area (Å²) in [4.78, 5) is 7.22. The largest absolute Gasteiger partial charge is 0.271 e. The van der Waals surface area contributed by atoms with Gasteiger partial charge in [-0.2, -0.15) is 5.10 Å². The number of hydrogen-bond acceptors (Lipinski definition) is 5. The van der Waals surface area contributed by atoms with Gasteiger partial charge in [0.1, 0.15) is 12.2 Å². The molecule has 108 valence electrons. The monoisotopic (exact) mass is 291 g/mol. The van der Waals surface area contributed by atoms with Gasteiger partial charge in [-0.25, -0.2) is 9.67 Å². The first-order valence-corrected chi connectivity index (χ1v) is 7.96. The number of thiophene rings is 1. The lowest BCUT2D eigenvalue weighted by atomic mass is 10.1. The van der Waals surface area contributed by atoms with Crippen LogP contribution in [-0.2, 0) is 19.3 Å². The summed E-state index contributed by atoms with van der Waals surface area (Å²) < 4.78 is 1.96. The van der Waals surface area contributed by atoms with E-state index >= 15 is 0 Å². The van der Waals surface area contributed by atoms with E-state index in [0.29, 0.717) is 6.04 Å². The van der Waals surface area contributed by atoms with Gasteiger partial charge >= 0.3 is 0 Å². The predicted molar refractivity (Wildman–Crippen MR) is 80.5 cm³/mol. The van der Waals surface area contributed by atoms with Crippen LogP contribution in [0.1, 0.15) is 53.5 Å². The molecule has 0 fully saturated rings. The Morgan fingerprint density at radius 1 is 1.45 bits per heavy atom. The van der Waals surface area contributed by atoms with Gasteiger partial charge in [-0.1, -0.05) is 0 Å². The third kappa shape index (κ3) is 2.51. The molecular weight excluding hydrogens is 270 g/mol. The molecule has 20 heavy (non-hydrogen) atoms. The summed E-state index contributed by atoms with van der Waals surface area (Å²) in [6.07, 6.45) is 6.13. The van der Waals surface area contributed by atoms with E-state index < -0.39 is 0 Å². The quantitative estimate of drug-likeness (QED) is 0.654. The van der Waals surface area contributed by atoms with Gasteiger partial charge in [0.05, 0.1) is 6.04 Å². The molecule has 0 radical (unpaired) electrons. The van der Waals surface area contributed by atoms with Crippen molar-refractivity contribution >= 4 is 11.3 Å². The van der Waals surface area contributed by atoms with Crippen LogP contribution in [-0.4, -0.2) is 14.8 Å². The van der Waals surface area contributed by atoms with Gasteiger partial charge in [-0.05, 0) is 44.7 Å². The number of aryl methyl sites for hydroxylation is 2. The van der Waals surface area contributed by atoms with Crippen molar-refractivity contribution < 1.29 is 0 Å². The Labute approximate surface area is 123 Å². The smallest absolute Gasteiger partial charge is 0.138 e. The van der Waals surface area contributed by atoms with Crippen LogP contribution in [0.15, 0.2) is 12.4 Å². The van der Waals surface area contributed by atoms with E-state index in [2.05, 4.69) is 35.4 Å². The van der Waals surface area contributed by atoms with Crippen molar-refractivity contribution in [3.63, 3.8) is 0 Å². The van der Waals surface area contributed by atoms with Crippen molar-refractivity contribution in [2.24, 2.45) is 5.84 Å². The molecule has 6 heteroatoms. The lowest BCUT2D eigenvalue weighted by molar-refractivity contribution is 0.471. The summed E-state index contributed by atoms with van der Waals surface area (Å²) in [6.45, 7) is 4.23. The van der Waals surface area contributed by atoms with Crippen molar-refractivity contribution in [2.75, 3.05) is 0 Å². The van der Waals surface area contributed by atoms with Crippen LogP contribution in [0, 0.1) is 0 Å². The Morgan fingerprint density at radius 2 is 2.30 bits per heavy atom. The third-order valence-corrected chi connectivity index (χ3v) is 5.18. The van der Waals surface area contributed by atoms with Crippen molar-refractivity contribution in [2.45, 2.75) is 51.6 Å². The number of nitrogens with zero attached hydrogens (tertiary/aromatic N) is 3. The molecule has 0 aromatic carbocycles. The molecule has 2 aromatic rings. The van der Waals surface area contributed by atoms with Crippen molar-refractivity contribution in [3.05, 3.63) is 33.5 Å². The highest BCUT2D eigenvalue weighted by Crippen LogP contribution is 2.34. The van der Waals surface area contributed by atoms with E-state index in [1.807, 2.05) is 16.0 Å². The summed E-state index contributed by atoms with van der Waals surface area (Å²) in [5.74, 6) is 6.75. The summed E-state index contributed by atoms with van der Waals surface area (Å²) in [7, 11) is 0. The number of fused-ring (bicyclic) bond motifs is 1. The van der Waals surface area contributed by atoms with Gasteiger partial charge in [-0.15, -0.1) is 11.3 Å². The minimum absolute atomic E-state index is 0.118. The third-order valence-electron chi connectivity index (χ3n) is 3.83. The number of hydrogen-bond donors (Lipinski definition) is 2. The van der Waals surface area contributed by atoms with Gasteiger partial charge in [0.25, 0.3) is 0 Å². The van der Waals surface area contributed by atoms with E-state index in [9.17, 15) is 0 Å². The summed E-state index contributed by atoms with van der Waals surface area (Å²) >= 11 is 1.89. The van der Waals surface area contributed by atoms with Crippen molar-refractivity contribution in [1.82, 2.24) is 20.2 Å². The van der Waals surface area contributed by atoms with E-state index in [0.717, 1.165) is 12.2 Å². The number of aromatic nitrogens is 3. The van der Waals surface area contributed by atoms with Crippen LogP contribution in [0.3, 0.4) is 0 Å². The van der Waals surface area contributed by atoms with Crippen LogP contribution < -0.4 is 11.3 Å². The Morgan fingerprint density at radius 3 is 3.00 bits per heavy atom. The number of nitrogens with two attached hydrogens (primary N) is 1. The van der Waals surface area contributed by atoms with E-state index in [4.69, 9.17) is 5.84 Å². The average Bonchev–Trinajstić information content (AvgIpc) is 3.10. The molecule has 0 aliphatic heterocycles. The fraction of sp³-hybridized carbons (Fsp3) is 0.571. The van der Waals surface area contributed by atoms with Gasteiger partial charge in [0.15, 0.2) is 0 Å². The lowest BCUT2D eigenvalue weighted by Crippen LogP contribution is -2.30. The van der Waals surface area contributed by atoms with E-state index in [1.165, 1.54) is 34.6 Å². The molecule has 1 aliphatic carbocycles. The lowest BCUT2D eigenvalue weighted by Gasteiger charge is -2.16. The fourth-order valence-electron chi connectivity index (χ4n) is 2.80. The van der Waals surface area contributed by atoms with Crippen LogP contribution in [0.25, 0.3) is 0 Å². The highest BCUT2D eigenvalue weighted by atomic mass is 32.1. The highest BCUT2D eigenvalue weighted by Gasteiger charge is 2.21. The normalized spacial score (nSPS) is 15.8. The van der Waals surface area contributed by atoms with Crippen LogP contribution in [0.2, 0.25) is 0 Å². The second-order valence-corrected chi connectivity index (χ2v) is 6.76. The topological polar surface area (TPSA) is 68.8 Å². The van der Waals surface area contributed by atoms with Gasteiger partial charge in [-0.3, -0.25) is 11.3 Å². The number of rotatable bonds is 5. The first-order valence-electron chi connectivity index (χ1n) is 7.15. The Hall–Kier alpha value is -1.24. The number of nitrogens with one attached hydrogen (secondary N) is 1. The molecule has 3 rings (SSSR count). The van der Waals surface area contributed by atoms with Crippen LogP contribution in [0.4, 0.5) is 0 Å². The second-order valence-electron chi connectivity index (χ2n) is 5.59. The minimum atomic E-state index is 0.118. The molecule has 1 atom stereocenters. The molecular formula is C14H21N5S. The van der Waals surface area contributed by atoms with Crippen LogP contribution in [0.5, 0.6) is 0 Å². The summed E-state index contributed by atoms with van der Waals surface area (Å²) in [5, 5.41) is 4.29. The maximum Gasteiger partial charge on any atom is 0.138 e. The zero-order valence-electron chi connectivity index (χ0n) is 12.0. The van der Waals surface area contributed by atoms with E-state index in [-0.39, 0.29) is 6.04 Å². The first-order chi connectivity index (χ1) is 9.69. The Balaban J connectivity index is 1.81. The predicted octanol–water partition coefficient (Wildman–Crippen LogP) is 2.16. The molecule has 0 saturated heterocycles. The number of hydrazine groups is 1.